The van der Waals surface area contributed by atoms with Crippen molar-refractivity contribution in [2.75, 3.05) is 6.54 Å². The molecule has 0 radical (unpaired) electrons. The van der Waals surface area contributed by atoms with Crippen molar-refractivity contribution < 1.29 is 9.59 Å². The SMILES string of the molecule is O=C(NC[C@@]12CCC[C@H]1N(Cc1ccccc1)C(=O)CC2)C1CCC1. The molecule has 2 amide bonds. The van der Waals surface area contributed by atoms with Gasteiger partial charge in [-0.2, -0.15) is 0 Å². The number of fused-ring (bicyclic) bond motifs is 1. The van der Waals surface area contributed by atoms with Crippen molar-refractivity contribution in [1.29, 1.82) is 0 Å². The Labute approximate surface area is 150 Å². The van der Waals surface area contributed by atoms with Crippen LogP contribution in [0.1, 0.15) is 56.9 Å². The number of benzene rings is 1. The molecule has 1 saturated heterocycles. The lowest BCUT2D eigenvalue weighted by atomic mass is 9.74. The molecule has 2 atom stereocenters. The highest BCUT2D eigenvalue weighted by Gasteiger charge is 2.50. The standard InChI is InChI=1S/C21H28N2O2/c24-19-11-13-21(15-22-20(25)17-8-4-9-17)12-5-10-18(21)23(19)14-16-6-2-1-3-7-16/h1-3,6-7,17-18H,4-5,8-15H2,(H,22,25)/t18-,21+/m1/s1. The maximum Gasteiger partial charge on any atom is 0.223 e. The van der Waals surface area contributed by atoms with Crippen molar-refractivity contribution in [3.05, 3.63) is 35.9 Å². The lowest BCUT2D eigenvalue weighted by molar-refractivity contribution is -0.143. The molecule has 0 spiro atoms. The number of likely N-dealkylation sites (tertiary alicyclic amines) is 1. The largest absolute Gasteiger partial charge is 0.355 e. The molecular weight excluding hydrogens is 312 g/mol. The zero-order chi connectivity index (χ0) is 17.3. The predicted octanol–water partition coefficient (Wildman–Crippen LogP) is 3.26. The van der Waals surface area contributed by atoms with Gasteiger partial charge in [-0.15, -0.1) is 0 Å². The zero-order valence-corrected chi connectivity index (χ0v) is 14.9. The van der Waals surface area contributed by atoms with Crippen LogP contribution in [0.5, 0.6) is 0 Å². The summed E-state index contributed by atoms with van der Waals surface area (Å²) in [6, 6.07) is 10.5. The minimum Gasteiger partial charge on any atom is -0.355 e. The summed E-state index contributed by atoms with van der Waals surface area (Å²) in [6.45, 7) is 1.44. The van der Waals surface area contributed by atoms with Gasteiger partial charge in [-0.05, 0) is 37.7 Å². The van der Waals surface area contributed by atoms with Gasteiger partial charge >= 0.3 is 0 Å². The van der Waals surface area contributed by atoms with Crippen molar-refractivity contribution in [3.8, 4) is 0 Å². The first kappa shape index (κ1) is 16.6. The molecule has 4 rings (SSSR count). The van der Waals surface area contributed by atoms with E-state index in [2.05, 4.69) is 22.3 Å². The van der Waals surface area contributed by atoms with Crippen LogP contribution in [0.25, 0.3) is 0 Å². The number of carbonyl (C=O) groups is 2. The zero-order valence-electron chi connectivity index (χ0n) is 14.9. The Morgan fingerprint density at radius 3 is 2.64 bits per heavy atom. The molecule has 25 heavy (non-hydrogen) atoms. The molecule has 0 bridgehead atoms. The summed E-state index contributed by atoms with van der Waals surface area (Å²) >= 11 is 0. The number of nitrogens with one attached hydrogen (secondary N) is 1. The van der Waals surface area contributed by atoms with E-state index in [4.69, 9.17) is 0 Å². The fourth-order valence-corrected chi connectivity index (χ4v) is 4.92. The van der Waals surface area contributed by atoms with Crippen molar-refractivity contribution >= 4 is 11.8 Å². The van der Waals surface area contributed by atoms with Crippen LogP contribution < -0.4 is 5.32 Å². The molecule has 4 heteroatoms. The van der Waals surface area contributed by atoms with Crippen molar-refractivity contribution in [2.24, 2.45) is 11.3 Å². The van der Waals surface area contributed by atoms with Gasteiger partial charge in [0, 0.05) is 36.9 Å². The maximum atomic E-state index is 12.6. The Bertz CT molecular complexity index is 641. The summed E-state index contributed by atoms with van der Waals surface area (Å²) in [4.78, 5) is 27.0. The van der Waals surface area contributed by atoms with E-state index in [0.717, 1.165) is 45.1 Å². The number of nitrogens with zero attached hydrogens (tertiary/aromatic N) is 1. The smallest absolute Gasteiger partial charge is 0.223 e. The third-order valence-electron chi connectivity index (χ3n) is 6.68. The van der Waals surface area contributed by atoms with Crippen LogP contribution >= 0.6 is 0 Å². The summed E-state index contributed by atoms with van der Waals surface area (Å²) in [5.41, 5.74) is 1.28. The first-order chi connectivity index (χ1) is 12.2. The van der Waals surface area contributed by atoms with Crippen LogP contribution in [-0.2, 0) is 16.1 Å². The van der Waals surface area contributed by atoms with Crippen molar-refractivity contribution in [1.82, 2.24) is 10.2 Å². The van der Waals surface area contributed by atoms with Crippen LogP contribution in [-0.4, -0.2) is 29.3 Å². The number of amides is 2. The third kappa shape index (κ3) is 3.19. The number of piperidine rings is 1. The van der Waals surface area contributed by atoms with E-state index in [9.17, 15) is 9.59 Å². The second-order valence-corrected chi connectivity index (χ2v) is 8.12. The van der Waals surface area contributed by atoms with Gasteiger partial charge in [-0.3, -0.25) is 9.59 Å². The van der Waals surface area contributed by atoms with Crippen LogP contribution in [0.3, 0.4) is 0 Å². The van der Waals surface area contributed by atoms with Crippen molar-refractivity contribution in [2.45, 2.75) is 64.0 Å². The molecular formula is C21H28N2O2. The van der Waals surface area contributed by atoms with Gasteiger partial charge in [0.1, 0.15) is 0 Å². The molecule has 0 aromatic heterocycles. The average Bonchev–Trinajstić information content (AvgIpc) is 3.00. The molecule has 2 aliphatic carbocycles. The Kier molecular flexibility index (Phi) is 4.53. The van der Waals surface area contributed by atoms with Crippen LogP contribution in [0.4, 0.5) is 0 Å². The van der Waals surface area contributed by atoms with Gasteiger partial charge in [0.25, 0.3) is 0 Å². The minimum atomic E-state index is 0.0854. The first-order valence-corrected chi connectivity index (χ1v) is 9.79. The van der Waals surface area contributed by atoms with Gasteiger partial charge in [-0.25, -0.2) is 0 Å². The first-order valence-electron chi connectivity index (χ1n) is 9.79. The maximum absolute atomic E-state index is 12.6. The molecule has 3 aliphatic rings. The van der Waals surface area contributed by atoms with E-state index in [-0.39, 0.29) is 29.2 Å². The summed E-state index contributed by atoms with van der Waals surface area (Å²) in [6.07, 6.45) is 8.16. The summed E-state index contributed by atoms with van der Waals surface area (Å²) in [5, 5.41) is 3.24. The van der Waals surface area contributed by atoms with E-state index in [1.54, 1.807) is 0 Å². The second kappa shape index (κ2) is 6.81. The summed E-state index contributed by atoms with van der Waals surface area (Å²) in [7, 11) is 0. The Balaban J connectivity index is 1.47. The van der Waals surface area contributed by atoms with E-state index in [1.165, 1.54) is 12.0 Å². The van der Waals surface area contributed by atoms with Gasteiger partial charge < -0.3 is 10.2 Å². The molecule has 3 fully saturated rings. The molecule has 2 saturated carbocycles. The van der Waals surface area contributed by atoms with Gasteiger partial charge in [0.2, 0.25) is 11.8 Å². The highest BCUT2D eigenvalue weighted by molar-refractivity contribution is 5.80. The fourth-order valence-electron chi connectivity index (χ4n) is 4.92. The van der Waals surface area contributed by atoms with Crippen LogP contribution in [0, 0.1) is 11.3 Å². The molecule has 1 heterocycles. The predicted molar refractivity (Wildman–Crippen MR) is 96.6 cm³/mol. The van der Waals surface area contributed by atoms with E-state index in [0.29, 0.717) is 13.0 Å². The highest BCUT2D eigenvalue weighted by atomic mass is 16.2. The van der Waals surface area contributed by atoms with Gasteiger partial charge in [-0.1, -0.05) is 43.2 Å². The molecule has 1 aliphatic heterocycles. The monoisotopic (exact) mass is 340 g/mol. The second-order valence-electron chi connectivity index (χ2n) is 8.12. The highest BCUT2D eigenvalue weighted by Crippen LogP contribution is 2.48. The number of hydrogen-bond donors (Lipinski definition) is 1. The number of hydrogen-bond acceptors (Lipinski definition) is 2. The molecule has 0 unspecified atom stereocenters. The number of rotatable bonds is 5. The molecule has 134 valence electrons. The van der Waals surface area contributed by atoms with E-state index >= 15 is 0 Å². The Morgan fingerprint density at radius 1 is 1.12 bits per heavy atom. The Hall–Kier alpha value is -1.84. The Morgan fingerprint density at radius 2 is 1.92 bits per heavy atom. The third-order valence-corrected chi connectivity index (χ3v) is 6.68. The minimum absolute atomic E-state index is 0.0854. The van der Waals surface area contributed by atoms with Crippen LogP contribution in [0.15, 0.2) is 30.3 Å². The van der Waals surface area contributed by atoms with Crippen molar-refractivity contribution in [3.63, 3.8) is 0 Å². The van der Waals surface area contributed by atoms with Gasteiger partial charge in [0.15, 0.2) is 0 Å². The quantitative estimate of drug-likeness (QED) is 0.894. The molecule has 1 N–H and O–H groups in total. The summed E-state index contributed by atoms with van der Waals surface area (Å²) < 4.78 is 0. The lowest BCUT2D eigenvalue weighted by Crippen LogP contribution is -2.56. The topological polar surface area (TPSA) is 49.4 Å². The lowest BCUT2D eigenvalue weighted by Gasteiger charge is -2.46. The summed E-state index contributed by atoms with van der Waals surface area (Å²) in [5.74, 6) is 0.747. The molecule has 4 nitrogen and oxygen atoms in total. The number of carbonyl (C=O) groups excluding carboxylic acids is 2. The molecule has 1 aromatic rings. The normalized spacial score (nSPS) is 29.2. The van der Waals surface area contributed by atoms with E-state index < -0.39 is 0 Å². The molecule has 1 aromatic carbocycles. The average molecular weight is 340 g/mol. The van der Waals surface area contributed by atoms with Crippen LogP contribution in [0.2, 0.25) is 0 Å². The van der Waals surface area contributed by atoms with E-state index in [1.807, 2.05) is 18.2 Å². The fraction of sp³-hybridized carbons (Fsp3) is 0.619. The van der Waals surface area contributed by atoms with Gasteiger partial charge in [0.05, 0.1) is 0 Å².